The Morgan fingerprint density at radius 1 is 1.23 bits per heavy atom. The third kappa shape index (κ3) is 4.17. The molecule has 0 spiro atoms. The number of likely N-dealkylation sites (tertiary alicyclic amines) is 1. The Bertz CT molecular complexity index is 907. The van der Waals surface area contributed by atoms with Crippen molar-refractivity contribution in [3.8, 4) is 0 Å². The molecule has 2 aromatic rings. The number of hydrogen-bond donors (Lipinski definition) is 1. The molecule has 4 rings (SSSR count). The van der Waals surface area contributed by atoms with Gasteiger partial charge in [-0.3, -0.25) is 9.20 Å². The van der Waals surface area contributed by atoms with Crippen LogP contribution in [0.2, 0.25) is 0 Å². The van der Waals surface area contributed by atoms with Gasteiger partial charge in [0.05, 0.1) is 12.0 Å². The van der Waals surface area contributed by atoms with E-state index in [9.17, 15) is 9.59 Å². The quantitative estimate of drug-likeness (QED) is 0.803. The van der Waals surface area contributed by atoms with E-state index in [4.69, 9.17) is 4.74 Å². The summed E-state index contributed by atoms with van der Waals surface area (Å²) in [6.45, 7) is 8.33. The third-order valence-corrected chi connectivity index (χ3v) is 5.88. The van der Waals surface area contributed by atoms with E-state index in [1.165, 1.54) is 0 Å². The van der Waals surface area contributed by atoms with Gasteiger partial charge in [0.1, 0.15) is 6.33 Å². The van der Waals surface area contributed by atoms with Crippen molar-refractivity contribution in [1.82, 2.24) is 29.8 Å². The second kappa shape index (κ2) is 8.45. The second-order valence-corrected chi connectivity index (χ2v) is 8.50. The molecule has 0 radical (unpaired) electrons. The van der Waals surface area contributed by atoms with Crippen LogP contribution in [0, 0.1) is 11.8 Å². The first-order valence-electron chi connectivity index (χ1n) is 10.6. The largest absolute Gasteiger partial charge is 0.447 e. The van der Waals surface area contributed by atoms with E-state index in [-0.39, 0.29) is 36.0 Å². The molecule has 0 aromatic carbocycles. The molecule has 2 aliphatic rings. The molecule has 2 atom stereocenters. The predicted octanol–water partition coefficient (Wildman–Crippen LogP) is 1.32. The Morgan fingerprint density at radius 2 is 2.00 bits per heavy atom. The average Bonchev–Trinajstić information content (AvgIpc) is 3.34. The van der Waals surface area contributed by atoms with Gasteiger partial charge in [-0.2, -0.15) is 0 Å². The van der Waals surface area contributed by atoms with E-state index >= 15 is 0 Å². The molecule has 0 saturated carbocycles. The minimum Gasteiger partial charge on any atom is -0.447 e. The number of rotatable bonds is 4. The van der Waals surface area contributed by atoms with E-state index in [1.807, 2.05) is 24.4 Å². The summed E-state index contributed by atoms with van der Waals surface area (Å²) in [5.74, 6) is 0.922. The fourth-order valence-electron chi connectivity index (χ4n) is 4.24. The molecule has 2 aliphatic heterocycles. The molecular formula is C20H29N7O3. The van der Waals surface area contributed by atoms with Gasteiger partial charge in [-0.05, 0) is 32.6 Å². The molecule has 2 amide bonds. The molecule has 1 N–H and O–H groups in total. The molecule has 10 heteroatoms. The van der Waals surface area contributed by atoms with Crippen LogP contribution in [0.4, 0.5) is 10.6 Å². The number of amides is 2. The zero-order valence-electron chi connectivity index (χ0n) is 17.7. The minimum absolute atomic E-state index is 0.0709. The number of carbonyl (C=O) groups excluding carboxylic acids is 2. The fraction of sp³-hybridized carbons (Fsp3) is 0.650. The molecule has 0 aliphatic carbocycles. The van der Waals surface area contributed by atoms with Gasteiger partial charge in [0.2, 0.25) is 11.6 Å². The highest BCUT2D eigenvalue weighted by atomic mass is 16.6. The van der Waals surface area contributed by atoms with Crippen LogP contribution < -0.4 is 10.2 Å². The Hall–Kier alpha value is -2.91. The lowest BCUT2D eigenvalue weighted by Crippen LogP contribution is -2.49. The highest BCUT2D eigenvalue weighted by molar-refractivity contribution is 5.81. The summed E-state index contributed by atoms with van der Waals surface area (Å²) < 4.78 is 7.09. The number of ether oxygens (including phenoxy) is 1. The molecule has 2 aromatic heterocycles. The van der Waals surface area contributed by atoms with Crippen LogP contribution in [0.5, 0.6) is 0 Å². The van der Waals surface area contributed by atoms with Crippen LogP contribution in [0.15, 0.2) is 18.7 Å². The molecule has 2 fully saturated rings. The van der Waals surface area contributed by atoms with Gasteiger partial charge in [-0.25, -0.2) is 9.78 Å². The molecule has 30 heavy (non-hydrogen) atoms. The maximum atomic E-state index is 13.0. The Morgan fingerprint density at radius 3 is 2.73 bits per heavy atom. The highest BCUT2D eigenvalue weighted by Gasteiger charge is 2.37. The van der Waals surface area contributed by atoms with Crippen molar-refractivity contribution in [2.45, 2.75) is 45.8 Å². The van der Waals surface area contributed by atoms with Gasteiger partial charge in [0.15, 0.2) is 5.82 Å². The smallest absolute Gasteiger partial charge is 0.410 e. The monoisotopic (exact) mass is 415 g/mol. The van der Waals surface area contributed by atoms with Crippen molar-refractivity contribution < 1.29 is 14.3 Å². The SMILES string of the molecule is CC(C)OC(=O)N1CCC(NC(=O)[C@H]2CN(c3nccn4cnnc34)C[C@@H]2C)CC1. The van der Waals surface area contributed by atoms with Crippen molar-refractivity contribution in [1.29, 1.82) is 0 Å². The van der Waals surface area contributed by atoms with Gasteiger partial charge in [-0.1, -0.05) is 6.92 Å². The van der Waals surface area contributed by atoms with Crippen molar-refractivity contribution in [3.05, 3.63) is 18.7 Å². The first kappa shape index (κ1) is 20.4. The number of anilines is 1. The number of piperidine rings is 1. The summed E-state index contributed by atoms with van der Waals surface area (Å²) in [5, 5.41) is 11.3. The first-order chi connectivity index (χ1) is 14.4. The number of carbonyl (C=O) groups is 2. The molecule has 0 unspecified atom stereocenters. The number of nitrogens with one attached hydrogen (secondary N) is 1. The molecular weight excluding hydrogens is 386 g/mol. The third-order valence-electron chi connectivity index (χ3n) is 5.88. The van der Waals surface area contributed by atoms with E-state index in [0.717, 1.165) is 25.2 Å². The predicted molar refractivity (Wildman–Crippen MR) is 110 cm³/mol. The summed E-state index contributed by atoms with van der Waals surface area (Å²) in [6.07, 6.45) is 6.26. The number of hydrogen-bond acceptors (Lipinski definition) is 7. The van der Waals surface area contributed by atoms with Crippen LogP contribution in [0.3, 0.4) is 0 Å². The molecule has 162 valence electrons. The maximum absolute atomic E-state index is 13.0. The summed E-state index contributed by atoms with van der Waals surface area (Å²) in [4.78, 5) is 33.3. The normalized spacial score (nSPS) is 22.7. The molecule has 4 heterocycles. The van der Waals surface area contributed by atoms with Gasteiger partial charge in [-0.15, -0.1) is 10.2 Å². The van der Waals surface area contributed by atoms with Crippen LogP contribution >= 0.6 is 0 Å². The molecule has 2 saturated heterocycles. The highest BCUT2D eigenvalue weighted by Crippen LogP contribution is 2.29. The minimum atomic E-state index is -0.273. The molecule has 10 nitrogen and oxygen atoms in total. The van der Waals surface area contributed by atoms with Crippen LogP contribution in [-0.4, -0.2) is 74.8 Å². The summed E-state index contributed by atoms with van der Waals surface area (Å²) in [5.41, 5.74) is 0.700. The van der Waals surface area contributed by atoms with Gasteiger partial charge in [0.25, 0.3) is 0 Å². The van der Waals surface area contributed by atoms with Crippen molar-refractivity contribution in [2.24, 2.45) is 11.8 Å². The van der Waals surface area contributed by atoms with E-state index in [0.29, 0.717) is 25.3 Å². The van der Waals surface area contributed by atoms with Crippen molar-refractivity contribution in [2.75, 3.05) is 31.1 Å². The van der Waals surface area contributed by atoms with Gasteiger partial charge < -0.3 is 19.9 Å². The van der Waals surface area contributed by atoms with E-state index in [2.05, 4.69) is 32.3 Å². The van der Waals surface area contributed by atoms with E-state index in [1.54, 1.807) is 17.4 Å². The summed E-state index contributed by atoms with van der Waals surface area (Å²) in [6, 6.07) is 0.0832. The van der Waals surface area contributed by atoms with E-state index < -0.39 is 0 Å². The van der Waals surface area contributed by atoms with Crippen LogP contribution in [0.1, 0.15) is 33.6 Å². The van der Waals surface area contributed by atoms with Crippen molar-refractivity contribution in [3.63, 3.8) is 0 Å². The second-order valence-electron chi connectivity index (χ2n) is 8.50. The summed E-state index contributed by atoms with van der Waals surface area (Å²) in [7, 11) is 0. The Labute approximate surface area is 175 Å². The average molecular weight is 415 g/mol. The first-order valence-corrected chi connectivity index (χ1v) is 10.6. The lowest BCUT2D eigenvalue weighted by Gasteiger charge is -2.32. The summed E-state index contributed by atoms with van der Waals surface area (Å²) >= 11 is 0. The lowest BCUT2D eigenvalue weighted by atomic mass is 9.96. The van der Waals surface area contributed by atoms with Crippen molar-refractivity contribution >= 4 is 23.5 Å². The Kier molecular flexibility index (Phi) is 5.74. The lowest BCUT2D eigenvalue weighted by molar-refractivity contribution is -0.126. The Balaban J connectivity index is 1.32. The zero-order chi connectivity index (χ0) is 21.3. The van der Waals surface area contributed by atoms with Crippen LogP contribution in [0.25, 0.3) is 5.65 Å². The number of aromatic nitrogens is 4. The van der Waals surface area contributed by atoms with Gasteiger partial charge >= 0.3 is 6.09 Å². The van der Waals surface area contributed by atoms with Crippen LogP contribution in [-0.2, 0) is 9.53 Å². The number of fused-ring (bicyclic) bond motifs is 1. The number of nitrogens with zero attached hydrogens (tertiary/aromatic N) is 6. The molecule has 0 bridgehead atoms. The fourth-order valence-corrected chi connectivity index (χ4v) is 4.24. The maximum Gasteiger partial charge on any atom is 0.410 e. The topological polar surface area (TPSA) is 105 Å². The standard InChI is InChI=1S/C20H29N7O3/c1-13(2)30-20(29)25-7-4-15(5-8-25)23-19(28)16-11-27(10-14(16)3)17-18-24-22-12-26(18)9-6-21-17/h6,9,12-16H,4-5,7-8,10-11H2,1-3H3,(H,23,28)/t14-,16-/m0/s1. The zero-order valence-corrected chi connectivity index (χ0v) is 17.7. The van der Waals surface area contributed by atoms with Gasteiger partial charge in [0, 0.05) is 44.6 Å².